The lowest BCUT2D eigenvalue weighted by molar-refractivity contribution is 0.0946. The maximum atomic E-state index is 11.9. The number of rotatable bonds is 2. The van der Waals surface area contributed by atoms with Gasteiger partial charge in [0, 0.05) is 22.2 Å². The molecule has 21 heavy (non-hydrogen) atoms. The number of halogens is 2. The van der Waals surface area contributed by atoms with Gasteiger partial charge in [0.2, 0.25) is 0 Å². The molecule has 0 saturated heterocycles. The molecule has 0 aromatic heterocycles. The highest BCUT2D eigenvalue weighted by molar-refractivity contribution is 6.34. The van der Waals surface area contributed by atoms with Gasteiger partial charge in [0.1, 0.15) is 0 Å². The van der Waals surface area contributed by atoms with Crippen molar-refractivity contribution in [3.8, 4) is 0 Å². The van der Waals surface area contributed by atoms with Crippen molar-refractivity contribution >= 4 is 29.1 Å². The van der Waals surface area contributed by atoms with Crippen molar-refractivity contribution in [1.82, 2.24) is 5.32 Å². The number of carbonyl (C=O) groups excluding carboxylic acids is 1. The van der Waals surface area contributed by atoms with Crippen LogP contribution in [0.3, 0.4) is 0 Å². The number of nitrogens with two attached hydrogens (primary N) is 1. The van der Waals surface area contributed by atoms with E-state index in [1.807, 2.05) is 18.2 Å². The summed E-state index contributed by atoms with van der Waals surface area (Å²) in [5.74, 6) is -0.0468. The summed E-state index contributed by atoms with van der Waals surface area (Å²) in [6, 6.07) is 10.6. The number of benzene rings is 2. The Morgan fingerprint density at radius 3 is 2.48 bits per heavy atom. The summed E-state index contributed by atoms with van der Waals surface area (Å²) < 4.78 is 0. The maximum Gasteiger partial charge on any atom is 0.251 e. The average molecular weight is 321 g/mol. The summed E-state index contributed by atoms with van der Waals surface area (Å²) in [5, 5.41) is 3.93. The van der Waals surface area contributed by atoms with Gasteiger partial charge in [-0.05, 0) is 47.4 Å². The summed E-state index contributed by atoms with van der Waals surface area (Å²) in [4.78, 5) is 11.9. The topological polar surface area (TPSA) is 55.1 Å². The molecule has 0 saturated carbocycles. The van der Waals surface area contributed by atoms with Crippen molar-refractivity contribution in [1.29, 1.82) is 0 Å². The number of carbonyl (C=O) groups is 1. The monoisotopic (exact) mass is 320 g/mol. The van der Waals surface area contributed by atoms with Gasteiger partial charge in [-0.2, -0.15) is 0 Å². The van der Waals surface area contributed by atoms with E-state index in [9.17, 15) is 4.79 Å². The third-order valence-electron chi connectivity index (χ3n) is 3.66. The lowest BCUT2D eigenvalue weighted by atomic mass is 9.93. The Morgan fingerprint density at radius 1 is 1.05 bits per heavy atom. The summed E-state index contributed by atoms with van der Waals surface area (Å²) in [6.07, 6.45) is 0.847. The lowest BCUT2D eigenvalue weighted by Gasteiger charge is -2.20. The van der Waals surface area contributed by atoms with Gasteiger partial charge >= 0.3 is 0 Å². The van der Waals surface area contributed by atoms with E-state index in [4.69, 9.17) is 28.9 Å². The zero-order valence-corrected chi connectivity index (χ0v) is 12.7. The molecule has 3 rings (SSSR count). The van der Waals surface area contributed by atoms with Crippen LogP contribution in [0.2, 0.25) is 10.0 Å². The predicted molar refractivity (Wildman–Crippen MR) is 85.0 cm³/mol. The molecular weight excluding hydrogens is 307 g/mol. The van der Waals surface area contributed by atoms with Gasteiger partial charge in [-0.3, -0.25) is 4.79 Å². The van der Waals surface area contributed by atoms with Crippen LogP contribution in [0.1, 0.15) is 33.1 Å². The fraction of sp³-hybridized carbons (Fsp3) is 0.188. The zero-order valence-electron chi connectivity index (χ0n) is 11.2. The quantitative estimate of drug-likeness (QED) is 0.891. The Kier molecular flexibility index (Phi) is 3.89. The molecule has 3 nitrogen and oxygen atoms in total. The van der Waals surface area contributed by atoms with Crippen LogP contribution in [0.15, 0.2) is 36.4 Å². The predicted octanol–water partition coefficient (Wildman–Crippen LogP) is 3.33. The van der Waals surface area contributed by atoms with Gasteiger partial charge in [-0.1, -0.05) is 35.3 Å². The summed E-state index contributed by atoms with van der Waals surface area (Å²) in [6.45, 7) is 0.682. The minimum absolute atomic E-state index is 0.0468. The maximum absolute atomic E-state index is 11.9. The Morgan fingerprint density at radius 2 is 1.76 bits per heavy atom. The van der Waals surface area contributed by atoms with E-state index in [0.29, 0.717) is 22.2 Å². The van der Waals surface area contributed by atoms with Crippen LogP contribution in [0.4, 0.5) is 0 Å². The van der Waals surface area contributed by atoms with Crippen LogP contribution in [0, 0.1) is 0 Å². The molecule has 0 spiro atoms. The Bertz CT molecular complexity index is 695. The second-order valence-corrected chi connectivity index (χ2v) is 5.98. The van der Waals surface area contributed by atoms with Crippen molar-refractivity contribution in [2.75, 3.05) is 6.54 Å². The Hall–Kier alpha value is -1.55. The third-order valence-corrected chi connectivity index (χ3v) is 4.10. The molecule has 1 heterocycles. The number of hydrogen-bond donors (Lipinski definition) is 2. The zero-order chi connectivity index (χ0) is 15.0. The molecule has 0 radical (unpaired) electrons. The Balaban J connectivity index is 2.00. The molecule has 5 heteroatoms. The van der Waals surface area contributed by atoms with Crippen LogP contribution in [-0.2, 0) is 6.42 Å². The smallest absolute Gasteiger partial charge is 0.251 e. The fourth-order valence-electron chi connectivity index (χ4n) is 2.57. The highest BCUT2D eigenvalue weighted by Crippen LogP contribution is 2.28. The van der Waals surface area contributed by atoms with Crippen LogP contribution in [0.25, 0.3) is 0 Å². The van der Waals surface area contributed by atoms with E-state index in [1.165, 1.54) is 0 Å². The number of fused-ring (bicyclic) bond motifs is 1. The Labute approximate surface area is 133 Å². The van der Waals surface area contributed by atoms with Crippen LogP contribution in [-0.4, -0.2) is 12.5 Å². The largest absolute Gasteiger partial charge is 0.352 e. The van der Waals surface area contributed by atoms with Crippen LogP contribution in [0.5, 0.6) is 0 Å². The van der Waals surface area contributed by atoms with Gasteiger partial charge in [0.05, 0.1) is 6.04 Å². The molecular formula is C16H14Cl2N2O. The van der Waals surface area contributed by atoms with Gasteiger partial charge in [0.15, 0.2) is 0 Å². The highest BCUT2D eigenvalue weighted by atomic mass is 35.5. The van der Waals surface area contributed by atoms with Crippen molar-refractivity contribution in [2.24, 2.45) is 5.73 Å². The van der Waals surface area contributed by atoms with E-state index < -0.39 is 0 Å². The molecule has 1 aliphatic rings. The number of amides is 1. The van der Waals surface area contributed by atoms with Gasteiger partial charge in [0.25, 0.3) is 5.91 Å². The third kappa shape index (κ3) is 2.91. The van der Waals surface area contributed by atoms with Crippen LogP contribution < -0.4 is 11.1 Å². The molecule has 0 aliphatic carbocycles. The van der Waals surface area contributed by atoms with Gasteiger partial charge in [-0.15, -0.1) is 0 Å². The average Bonchev–Trinajstić information content (AvgIpc) is 2.45. The number of nitrogens with one attached hydrogen (secondary N) is 1. The fourth-order valence-corrected chi connectivity index (χ4v) is 3.11. The van der Waals surface area contributed by atoms with Crippen molar-refractivity contribution < 1.29 is 4.79 Å². The molecule has 1 aliphatic heterocycles. The van der Waals surface area contributed by atoms with E-state index >= 15 is 0 Å². The SMILES string of the molecule is NC(c1cc(Cl)cc(Cl)c1)c1ccc2c(c1)C(=O)NCC2. The van der Waals surface area contributed by atoms with E-state index in [-0.39, 0.29) is 11.9 Å². The molecule has 1 amide bonds. The lowest BCUT2D eigenvalue weighted by Crippen LogP contribution is -2.32. The van der Waals surface area contributed by atoms with E-state index in [1.54, 1.807) is 18.2 Å². The van der Waals surface area contributed by atoms with Crippen molar-refractivity contribution in [3.63, 3.8) is 0 Å². The molecule has 1 unspecified atom stereocenters. The minimum atomic E-state index is -0.374. The van der Waals surface area contributed by atoms with Gasteiger partial charge < -0.3 is 11.1 Å². The molecule has 0 bridgehead atoms. The summed E-state index contributed by atoms with van der Waals surface area (Å²) in [7, 11) is 0. The molecule has 1 atom stereocenters. The minimum Gasteiger partial charge on any atom is -0.352 e. The molecule has 3 N–H and O–H groups in total. The second-order valence-electron chi connectivity index (χ2n) is 5.10. The molecule has 0 fully saturated rings. The number of hydrogen-bond acceptors (Lipinski definition) is 2. The standard InChI is InChI=1S/C16H14Cl2N2O/c17-12-5-11(6-13(18)8-12)15(19)10-2-1-9-3-4-20-16(21)14(9)7-10/h1-2,5-8,15H,3-4,19H2,(H,20,21). The normalized spacial score (nSPS) is 15.3. The van der Waals surface area contributed by atoms with Crippen LogP contribution >= 0.6 is 23.2 Å². The van der Waals surface area contributed by atoms with E-state index in [2.05, 4.69) is 5.32 Å². The van der Waals surface area contributed by atoms with Crippen molar-refractivity contribution in [2.45, 2.75) is 12.5 Å². The summed E-state index contributed by atoms with van der Waals surface area (Å²) >= 11 is 12.0. The second kappa shape index (κ2) is 5.68. The van der Waals surface area contributed by atoms with Crippen molar-refractivity contribution in [3.05, 3.63) is 68.7 Å². The van der Waals surface area contributed by atoms with Gasteiger partial charge in [-0.25, -0.2) is 0 Å². The first-order chi connectivity index (χ1) is 10.0. The highest BCUT2D eigenvalue weighted by Gasteiger charge is 2.19. The summed E-state index contributed by atoms with van der Waals surface area (Å²) in [5.41, 5.74) is 9.72. The first-order valence-electron chi connectivity index (χ1n) is 6.67. The molecule has 2 aromatic carbocycles. The first-order valence-corrected chi connectivity index (χ1v) is 7.43. The molecule has 108 valence electrons. The molecule has 2 aromatic rings. The van der Waals surface area contributed by atoms with E-state index in [0.717, 1.165) is 23.1 Å². The first kappa shape index (κ1) is 14.4.